The van der Waals surface area contributed by atoms with E-state index in [2.05, 4.69) is 113 Å². The van der Waals surface area contributed by atoms with Crippen molar-refractivity contribution in [3.8, 4) is 44.9 Å². The molecule has 1 aliphatic heterocycles. The van der Waals surface area contributed by atoms with Crippen molar-refractivity contribution < 1.29 is 4.74 Å². The fourth-order valence-electron chi connectivity index (χ4n) is 5.22. The van der Waals surface area contributed by atoms with E-state index in [4.69, 9.17) is 4.74 Å². The number of fused-ring (bicyclic) bond motifs is 7. The van der Waals surface area contributed by atoms with Crippen LogP contribution in [-0.4, -0.2) is 0 Å². The smallest absolute Gasteiger partial charge is 0.135 e. The highest BCUT2D eigenvalue weighted by molar-refractivity contribution is 9.10. The lowest BCUT2D eigenvalue weighted by molar-refractivity contribution is 0.488. The van der Waals surface area contributed by atoms with Gasteiger partial charge in [-0.3, -0.25) is 0 Å². The maximum absolute atomic E-state index is 6.38. The number of rotatable bonds is 1. The fraction of sp³-hybridized carbons (Fsp3) is 0. The molecule has 34 heavy (non-hydrogen) atoms. The molecule has 1 heterocycles. The first kappa shape index (κ1) is 19.6. The Morgan fingerprint density at radius 1 is 0.441 bits per heavy atom. The Morgan fingerprint density at radius 2 is 0.941 bits per heavy atom. The van der Waals surface area contributed by atoms with Crippen LogP contribution in [0, 0.1) is 0 Å². The van der Waals surface area contributed by atoms with E-state index in [-0.39, 0.29) is 0 Å². The van der Waals surface area contributed by atoms with Gasteiger partial charge in [0, 0.05) is 15.6 Å². The number of hydrogen-bond acceptors (Lipinski definition) is 1. The third kappa shape index (κ3) is 2.85. The SMILES string of the molecule is Brc1c2ccccc2c(-c2ccc3c(c2)-c2ccccc2Oc2ccccc2-3)c2ccccc12. The van der Waals surface area contributed by atoms with Gasteiger partial charge in [0.05, 0.1) is 0 Å². The van der Waals surface area contributed by atoms with Crippen molar-refractivity contribution in [2.45, 2.75) is 0 Å². The van der Waals surface area contributed by atoms with Crippen molar-refractivity contribution in [2.24, 2.45) is 0 Å². The monoisotopic (exact) mass is 498 g/mol. The summed E-state index contributed by atoms with van der Waals surface area (Å²) < 4.78 is 7.52. The highest BCUT2D eigenvalue weighted by Gasteiger charge is 2.22. The number of halogens is 1. The molecule has 1 aliphatic rings. The van der Waals surface area contributed by atoms with Crippen molar-refractivity contribution in [2.75, 3.05) is 0 Å². The molecule has 2 heteroatoms. The zero-order valence-electron chi connectivity index (χ0n) is 18.3. The molecule has 0 fully saturated rings. The molecule has 0 N–H and O–H groups in total. The molecular formula is C32H19BrO. The molecule has 0 unspecified atom stereocenters. The second-order valence-corrected chi connectivity index (χ2v) is 9.43. The number of hydrogen-bond donors (Lipinski definition) is 0. The third-order valence-electron chi connectivity index (χ3n) is 6.75. The molecule has 0 amide bonds. The number of benzene rings is 6. The maximum atomic E-state index is 6.38. The van der Waals surface area contributed by atoms with Crippen LogP contribution < -0.4 is 4.74 Å². The molecule has 0 saturated heterocycles. The van der Waals surface area contributed by atoms with Crippen LogP contribution >= 0.6 is 15.9 Å². The van der Waals surface area contributed by atoms with Gasteiger partial charge in [-0.05, 0) is 77.9 Å². The Labute approximate surface area is 206 Å². The standard InChI is InChI=1S/C32H19BrO/c33-32-26-13-3-1-11-24(26)31(25-12-2-4-14-27(25)32)20-17-18-21-22-9-5-7-15-29(22)34-30-16-8-6-10-23(30)28(21)19-20/h1-19H. The van der Waals surface area contributed by atoms with Gasteiger partial charge < -0.3 is 4.74 Å². The minimum atomic E-state index is 0.886. The zero-order valence-corrected chi connectivity index (χ0v) is 19.8. The Balaban J connectivity index is 1.60. The molecule has 0 bridgehead atoms. The molecule has 0 aromatic heterocycles. The first-order valence-electron chi connectivity index (χ1n) is 11.4. The van der Waals surface area contributed by atoms with Gasteiger partial charge in [0.1, 0.15) is 11.5 Å². The van der Waals surface area contributed by atoms with Crippen LogP contribution in [0.1, 0.15) is 0 Å². The molecule has 160 valence electrons. The third-order valence-corrected chi connectivity index (χ3v) is 7.60. The van der Waals surface area contributed by atoms with E-state index in [0.717, 1.165) is 27.1 Å². The molecular weight excluding hydrogens is 480 g/mol. The van der Waals surface area contributed by atoms with Gasteiger partial charge in [0.25, 0.3) is 0 Å². The van der Waals surface area contributed by atoms with E-state index in [0.29, 0.717) is 0 Å². The quantitative estimate of drug-likeness (QED) is 0.204. The first-order valence-corrected chi connectivity index (χ1v) is 12.2. The number of ether oxygens (including phenoxy) is 1. The summed E-state index contributed by atoms with van der Waals surface area (Å²) >= 11 is 3.88. The lowest BCUT2D eigenvalue weighted by atomic mass is 9.87. The first-order chi connectivity index (χ1) is 16.8. The van der Waals surface area contributed by atoms with Gasteiger partial charge >= 0.3 is 0 Å². The second-order valence-electron chi connectivity index (χ2n) is 8.63. The summed E-state index contributed by atoms with van der Waals surface area (Å²) in [6, 6.07) is 40.7. The zero-order chi connectivity index (χ0) is 22.6. The van der Waals surface area contributed by atoms with Crippen molar-refractivity contribution in [1.29, 1.82) is 0 Å². The Hall–Kier alpha value is -3.88. The van der Waals surface area contributed by atoms with E-state index in [1.807, 2.05) is 18.2 Å². The summed E-state index contributed by atoms with van der Waals surface area (Å²) in [4.78, 5) is 0. The van der Waals surface area contributed by atoms with Crippen molar-refractivity contribution in [3.05, 3.63) is 120 Å². The van der Waals surface area contributed by atoms with Crippen LogP contribution in [-0.2, 0) is 0 Å². The lowest BCUT2D eigenvalue weighted by Crippen LogP contribution is -1.90. The molecule has 0 radical (unpaired) electrons. The van der Waals surface area contributed by atoms with Crippen molar-refractivity contribution in [3.63, 3.8) is 0 Å². The molecule has 0 spiro atoms. The van der Waals surface area contributed by atoms with Crippen molar-refractivity contribution >= 4 is 37.5 Å². The number of para-hydroxylation sites is 2. The summed E-state index contributed by atoms with van der Waals surface area (Å²) in [5.74, 6) is 1.78. The molecule has 7 rings (SSSR count). The minimum absolute atomic E-state index is 0.886. The average Bonchev–Trinajstić information content (AvgIpc) is 3.03. The summed E-state index contributed by atoms with van der Waals surface area (Å²) in [7, 11) is 0. The molecule has 6 aromatic carbocycles. The molecule has 0 atom stereocenters. The van der Waals surface area contributed by atoms with Crippen LogP contribution in [0.25, 0.3) is 54.9 Å². The van der Waals surface area contributed by atoms with Crippen LogP contribution in [0.15, 0.2) is 120 Å². The minimum Gasteiger partial charge on any atom is -0.456 e. The summed E-state index contributed by atoms with van der Waals surface area (Å²) in [5.41, 5.74) is 7.07. The lowest BCUT2D eigenvalue weighted by Gasteiger charge is -2.16. The van der Waals surface area contributed by atoms with Crippen LogP contribution in [0.5, 0.6) is 11.5 Å². The van der Waals surface area contributed by atoms with Gasteiger partial charge in [-0.2, -0.15) is 0 Å². The van der Waals surface area contributed by atoms with Gasteiger partial charge in [0.2, 0.25) is 0 Å². The van der Waals surface area contributed by atoms with Gasteiger partial charge in [-0.15, -0.1) is 0 Å². The maximum Gasteiger partial charge on any atom is 0.135 e. The van der Waals surface area contributed by atoms with Crippen LogP contribution in [0.4, 0.5) is 0 Å². The van der Waals surface area contributed by atoms with Gasteiger partial charge in [-0.1, -0.05) is 97.1 Å². The van der Waals surface area contributed by atoms with Crippen LogP contribution in [0.2, 0.25) is 0 Å². The fourth-order valence-corrected chi connectivity index (χ4v) is 5.91. The van der Waals surface area contributed by atoms with E-state index >= 15 is 0 Å². The molecule has 0 saturated carbocycles. The van der Waals surface area contributed by atoms with Crippen molar-refractivity contribution in [1.82, 2.24) is 0 Å². The average molecular weight is 499 g/mol. The highest BCUT2D eigenvalue weighted by atomic mass is 79.9. The Kier molecular flexibility index (Phi) is 4.36. The second kappa shape index (κ2) is 7.58. The van der Waals surface area contributed by atoms with Gasteiger partial charge in [-0.25, -0.2) is 0 Å². The van der Waals surface area contributed by atoms with E-state index in [1.165, 1.54) is 43.8 Å². The van der Waals surface area contributed by atoms with E-state index < -0.39 is 0 Å². The van der Waals surface area contributed by atoms with Gasteiger partial charge in [0.15, 0.2) is 0 Å². The Morgan fingerprint density at radius 3 is 1.56 bits per heavy atom. The Bertz CT molecular complexity index is 1690. The predicted octanol–water partition coefficient (Wildman–Crippen LogP) is 9.86. The van der Waals surface area contributed by atoms with E-state index in [9.17, 15) is 0 Å². The topological polar surface area (TPSA) is 9.23 Å². The molecule has 6 aromatic rings. The normalized spacial score (nSPS) is 11.9. The summed E-state index contributed by atoms with van der Waals surface area (Å²) in [5, 5.41) is 4.93. The largest absolute Gasteiger partial charge is 0.456 e. The highest BCUT2D eigenvalue weighted by Crippen LogP contribution is 2.49. The van der Waals surface area contributed by atoms with E-state index in [1.54, 1.807) is 0 Å². The molecule has 1 nitrogen and oxygen atoms in total. The summed E-state index contributed by atoms with van der Waals surface area (Å²) in [6.07, 6.45) is 0. The molecule has 0 aliphatic carbocycles. The summed E-state index contributed by atoms with van der Waals surface area (Å²) in [6.45, 7) is 0. The predicted molar refractivity (Wildman–Crippen MR) is 146 cm³/mol. The van der Waals surface area contributed by atoms with Crippen LogP contribution in [0.3, 0.4) is 0 Å².